The number of hydrogen-bond donors (Lipinski definition) is 0. The highest BCUT2D eigenvalue weighted by molar-refractivity contribution is 7.15. The summed E-state index contributed by atoms with van der Waals surface area (Å²) in [5.74, 6) is 4.23. The van der Waals surface area contributed by atoms with Gasteiger partial charge < -0.3 is 4.90 Å². The van der Waals surface area contributed by atoms with Gasteiger partial charge in [-0.1, -0.05) is 29.8 Å². The molecule has 0 N–H and O–H groups in total. The molecule has 6 rings (SSSR count). The third-order valence-electron chi connectivity index (χ3n) is 6.65. The highest BCUT2D eigenvalue weighted by atomic mass is 35.5. The second-order valence-electron chi connectivity index (χ2n) is 9.45. The molecule has 39 heavy (non-hydrogen) atoms. The molecule has 4 aromatic rings. The molecule has 1 amide bonds. The molecule has 0 spiro atoms. The molecule has 0 saturated carbocycles. The monoisotopic (exact) mass is 562 g/mol. The number of amides is 1. The topological polar surface area (TPSA) is 76.3 Å². The highest BCUT2D eigenvalue weighted by Crippen LogP contribution is 2.40. The third kappa shape index (κ3) is 4.73. The summed E-state index contributed by atoms with van der Waals surface area (Å²) in [4.78, 5) is 24.3. The number of aliphatic imine (C=N–C) groups is 1. The minimum atomic E-state index is -2.85. The van der Waals surface area contributed by atoms with Crippen molar-refractivity contribution >= 4 is 34.6 Å². The van der Waals surface area contributed by atoms with Crippen LogP contribution in [0.1, 0.15) is 51.4 Å². The number of pyridine rings is 1. The average molecular weight is 563 g/mol. The van der Waals surface area contributed by atoms with E-state index in [0.717, 1.165) is 31.5 Å². The zero-order valence-electron chi connectivity index (χ0n) is 21.0. The predicted octanol–water partition coefficient (Wildman–Crippen LogP) is 5.15. The second-order valence-corrected chi connectivity index (χ2v) is 10.9. The maximum absolute atomic E-state index is 13.5. The van der Waals surface area contributed by atoms with Crippen LogP contribution in [0.3, 0.4) is 0 Å². The van der Waals surface area contributed by atoms with Crippen molar-refractivity contribution in [2.24, 2.45) is 4.99 Å². The maximum Gasteiger partial charge on any atom is 0.282 e. The lowest BCUT2D eigenvalue weighted by atomic mass is 9.99. The molecule has 1 aromatic carbocycles. The Morgan fingerprint density at radius 1 is 1.13 bits per heavy atom. The van der Waals surface area contributed by atoms with E-state index in [4.69, 9.17) is 16.6 Å². The summed E-state index contributed by atoms with van der Waals surface area (Å²) >= 11 is 7.66. The smallest absolute Gasteiger partial charge is 0.282 e. The van der Waals surface area contributed by atoms with E-state index in [9.17, 15) is 13.6 Å². The van der Waals surface area contributed by atoms with Crippen LogP contribution in [0.2, 0.25) is 5.02 Å². The number of aryl methyl sites for hydroxylation is 1. The molecule has 5 heterocycles. The van der Waals surface area contributed by atoms with Crippen LogP contribution < -0.4 is 0 Å². The number of carbonyl (C=O) groups is 1. The van der Waals surface area contributed by atoms with Gasteiger partial charge in [0.1, 0.15) is 22.6 Å². The predicted molar refractivity (Wildman–Crippen MR) is 145 cm³/mol. The van der Waals surface area contributed by atoms with E-state index in [1.165, 1.54) is 11.3 Å². The van der Waals surface area contributed by atoms with Crippen molar-refractivity contribution in [1.82, 2.24) is 24.6 Å². The molecule has 11 heteroatoms. The molecule has 2 aliphatic heterocycles. The SMILES string of the molecule is Cc1c(C#Cc2ccccn2)sc2c1C(c1ccc(Cl)cc1)=N[C@@H](CC(=O)N1CC(F)(F)C1)c1nnc(C)n1-2. The molecule has 1 saturated heterocycles. The molecular formula is C28H21ClF2N6OS. The fourth-order valence-corrected chi connectivity index (χ4v) is 6.03. The minimum absolute atomic E-state index is 0.106. The second kappa shape index (κ2) is 9.67. The number of alkyl halides is 2. The van der Waals surface area contributed by atoms with Crippen LogP contribution in [0.5, 0.6) is 0 Å². The van der Waals surface area contributed by atoms with Gasteiger partial charge in [0, 0.05) is 22.3 Å². The molecule has 1 atom stereocenters. The first kappa shape index (κ1) is 25.3. The van der Waals surface area contributed by atoms with Crippen molar-refractivity contribution < 1.29 is 13.6 Å². The standard InChI is InChI=1S/C28H21ClF2N6OS/c1-16-22(11-10-20-5-3-4-12-32-20)39-27-24(16)25(18-6-8-19(29)9-7-18)33-21(26-35-34-17(2)37(26)27)13-23(38)36-14-28(30,31)15-36/h3-9,12,21H,13-15H2,1-2H3/t21-/m0/s1. The number of aromatic nitrogens is 4. The quantitative estimate of drug-likeness (QED) is 0.324. The largest absolute Gasteiger partial charge is 0.330 e. The summed E-state index contributed by atoms with van der Waals surface area (Å²) in [6.07, 6.45) is 1.59. The Morgan fingerprint density at radius 3 is 2.59 bits per heavy atom. The average Bonchev–Trinajstić information content (AvgIpc) is 3.39. The Labute approximate surface area is 232 Å². The zero-order chi connectivity index (χ0) is 27.3. The van der Waals surface area contributed by atoms with Gasteiger partial charge in [0.2, 0.25) is 5.91 Å². The lowest BCUT2D eigenvalue weighted by Gasteiger charge is -2.39. The molecule has 0 radical (unpaired) electrons. The molecule has 196 valence electrons. The number of rotatable bonds is 3. The van der Waals surface area contributed by atoms with E-state index in [0.29, 0.717) is 28.1 Å². The van der Waals surface area contributed by atoms with Crippen LogP contribution in [0.15, 0.2) is 53.7 Å². The zero-order valence-corrected chi connectivity index (χ0v) is 22.5. The summed E-state index contributed by atoms with van der Waals surface area (Å²) in [7, 11) is 0. The summed E-state index contributed by atoms with van der Waals surface area (Å²) in [6, 6.07) is 12.1. The van der Waals surface area contributed by atoms with E-state index in [-0.39, 0.29) is 6.42 Å². The number of benzene rings is 1. The third-order valence-corrected chi connectivity index (χ3v) is 8.10. The summed E-state index contributed by atoms with van der Waals surface area (Å²) < 4.78 is 28.8. The fourth-order valence-electron chi connectivity index (χ4n) is 4.68. The van der Waals surface area contributed by atoms with Crippen LogP contribution >= 0.6 is 22.9 Å². The van der Waals surface area contributed by atoms with Crippen molar-refractivity contribution in [2.45, 2.75) is 32.2 Å². The van der Waals surface area contributed by atoms with Crippen molar-refractivity contribution in [3.8, 4) is 16.8 Å². The molecule has 7 nitrogen and oxygen atoms in total. The number of nitrogens with zero attached hydrogens (tertiary/aromatic N) is 6. The summed E-state index contributed by atoms with van der Waals surface area (Å²) in [5, 5.41) is 10.1. The number of halogens is 3. The van der Waals surface area contributed by atoms with E-state index >= 15 is 0 Å². The summed E-state index contributed by atoms with van der Waals surface area (Å²) in [6.45, 7) is 2.65. The van der Waals surface area contributed by atoms with E-state index < -0.39 is 31.0 Å². The van der Waals surface area contributed by atoms with Gasteiger partial charge in [0.05, 0.1) is 30.1 Å². The van der Waals surface area contributed by atoms with Crippen molar-refractivity contribution in [2.75, 3.05) is 13.1 Å². The molecule has 3 aromatic heterocycles. The molecule has 0 bridgehead atoms. The maximum atomic E-state index is 13.5. The van der Waals surface area contributed by atoms with Gasteiger partial charge in [-0.15, -0.1) is 21.5 Å². The first-order valence-electron chi connectivity index (χ1n) is 12.2. The first-order valence-corrected chi connectivity index (χ1v) is 13.4. The van der Waals surface area contributed by atoms with E-state index in [2.05, 4.69) is 27.0 Å². The van der Waals surface area contributed by atoms with Crippen molar-refractivity contribution in [3.05, 3.63) is 92.6 Å². The van der Waals surface area contributed by atoms with Gasteiger partial charge in [0.25, 0.3) is 5.92 Å². The van der Waals surface area contributed by atoms with Gasteiger partial charge in [-0.3, -0.25) is 14.4 Å². The van der Waals surface area contributed by atoms with Crippen molar-refractivity contribution in [1.29, 1.82) is 0 Å². The Bertz CT molecular complexity index is 1680. The van der Waals surface area contributed by atoms with E-state index in [1.54, 1.807) is 18.3 Å². The number of fused-ring (bicyclic) bond motifs is 3. The Hall–Kier alpha value is -3.94. The summed E-state index contributed by atoms with van der Waals surface area (Å²) in [5.41, 5.74) is 3.87. The van der Waals surface area contributed by atoms with Crippen LogP contribution in [0.4, 0.5) is 8.78 Å². The van der Waals surface area contributed by atoms with Gasteiger partial charge in [-0.05, 0) is 55.5 Å². The molecular weight excluding hydrogens is 542 g/mol. The Balaban J connectivity index is 1.49. The Morgan fingerprint density at radius 2 is 1.90 bits per heavy atom. The lowest BCUT2D eigenvalue weighted by molar-refractivity contribution is -0.166. The number of thiophene rings is 1. The van der Waals surface area contributed by atoms with Gasteiger partial charge in [-0.25, -0.2) is 13.8 Å². The normalized spacial score (nSPS) is 17.2. The fraction of sp³-hybridized carbons (Fsp3) is 0.250. The Kier molecular flexibility index (Phi) is 6.28. The minimum Gasteiger partial charge on any atom is -0.330 e. The van der Waals surface area contributed by atoms with Crippen LogP contribution in [0.25, 0.3) is 5.00 Å². The van der Waals surface area contributed by atoms with Crippen LogP contribution in [0, 0.1) is 25.7 Å². The van der Waals surface area contributed by atoms with E-state index in [1.807, 2.05) is 48.7 Å². The van der Waals surface area contributed by atoms with Crippen LogP contribution in [-0.4, -0.2) is 55.3 Å². The highest BCUT2D eigenvalue weighted by Gasteiger charge is 2.47. The number of likely N-dealkylation sites (tertiary alicyclic amines) is 1. The number of carbonyl (C=O) groups excluding carboxylic acids is 1. The molecule has 0 unspecified atom stereocenters. The molecule has 2 aliphatic rings. The number of hydrogen-bond acceptors (Lipinski definition) is 6. The van der Waals surface area contributed by atoms with Crippen molar-refractivity contribution in [3.63, 3.8) is 0 Å². The molecule has 1 fully saturated rings. The first-order chi connectivity index (χ1) is 18.7. The van der Waals surface area contributed by atoms with Gasteiger partial charge in [-0.2, -0.15) is 0 Å². The van der Waals surface area contributed by atoms with Crippen LogP contribution in [-0.2, 0) is 4.79 Å². The molecule has 0 aliphatic carbocycles. The van der Waals surface area contributed by atoms with Gasteiger partial charge >= 0.3 is 0 Å². The lowest BCUT2D eigenvalue weighted by Crippen LogP contribution is -2.58. The van der Waals surface area contributed by atoms with Gasteiger partial charge in [0.15, 0.2) is 5.82 Å².